The quantitative estimate of drug-likeness (QED) is 0.365. The fourth-order valence-electron chi connectivity index (χ4n) is 1.05. The Morgan fingerprint density at radius 3 is 2.25 bits per heavy atom. The Balaban J connectivity index is 2.89. The van der Waals surface area contributed by atoms with Gasteiger partial charge in [0.05, 0.1) is 10.0 Å². The first-order valence-corrected chi connectivity index (χ1v) is 6.31. The molecule has 0 aliphatic heterocycles. The van der Waals surface area contributed by atoms with Crippen LogP contribution in [0.15, 0.2) is 22.4 Å². The number of hydrogen-bond acceptors (Lipinski definition) is 2. The van der Waals surface area contributed by atoms with Gasteiger partial charge in [-0.2, -0.15) is 10.2 Å². The molecule has 0 radical (unpaired) electrons. The molecule has 1 aromatic rings. The van der Waals surface area contributed by atoms with Crippen LogP contribution in [0.5, 0.6) is 0 Å². The first-order chi connectivity index (χ1) is 7.54. The summed E-state index contributed by atoms with van der Waals surface area (Å²) in [5, 5.41) is 9.04. The minimum atomic E-state index is -0.354. The van der Waals surface area contributed by atoms with E-state index >= 15 is 0 Å². The van der Waals surface area contributed by atoms with Crippen molar-refractivity contribution in [3.05, 3.63) is 27.2 Å². The number of alkyl halides is 1. The highest BCUT2D eigenvalue weighted by molar-refractivity contribution is 6.41. The van der Waals surface area contributed by atoms with Crippen molar-refractivity contribution in [3.8, 4) is 0 Å². The van der Waals surface area contributed by atoms with Gasteiger partial charge in [-0.3, -0.25) is 0 Å². The van der Waals surface area contributed by atoms with Crippen LogP contribution in [-0.4, -0.2) is 5.50 Å². The van der Waals surface area contributed by atoms with Gasteiger partial charge in [-0.1, -0.05) is 59.7 Å². The summed E-state index contributed by atoms with van der Waals surface area (Å²) in [7, 11) is 0. The SMILES string of the molecule is CCCC(Cl)N=Nc1c(Cl)cc(Cl)cc1Cl. The van der Waals surface area contributed by atoms with E-state index in [0.717, 1.165) is 12.8 Å². The summed E-state index contributed by atoms with van der Waals surface area (Å²) in [4.78, 5) is 0. The van der Waals surface area contributed by atoms with Gasteiger partial charge in [0.2, 0.25) is 0 Å². The molecule has 0 spiro atoms. The second-order valence-electron chi connectivity index (χ2n) is 3.16. The second kappa shape index (κ2) is 6.65. The molecule has 0 aliphatic rings. The van der Waals surface area contributed by atoms with Crippen LogP contribution >= 0.6 is 46.4 Å². The van der Waals surface area contributed by atoms with Crippen LogP contribution in [0.2, 0.25) is 15.1 Å². The highest BCUT2D eigenvalue weighted by Gasteiger charge is 2.08. The molecule has 1 atom stereocenters. The van der Waals surface area contributed by atoms with Crippen molar-refractivity contribution in [2.45, 2.75) is 25.3 Å². The molecule has 1 unspecified atom stereocenters. The van der Waals surface area contributed by atoms with Gasteiger partial charge in [0.25, 0.3) is 0 Å². The Kier molecular flexibility index (Phi) is 5.84. The summed E-state index contributed by atoms with van der Waals surface area (Å²) in [5.74, 6) is 0. The van der Waals surface area contributed by atoms with Gasteiger partial charge in [-0.05, 0) is 18.6 Å². The molecule has 0 aliphatic carbocycles. The monoisotopic (exact) mass is 298 g/mol. The molecule has 0 heterocycles. The van der Waals surface area contributed by atoms with E-state index in [4.69, 9.17) is 46.4 Å². The second-order valence-corrected chi connectivity index (χ2v) is 4.91. The predicted octanol–water partition coefficient (Wildman–Crippen LogP) is 6.10. The van der Waals surface area contributed by atoms with Gasteiger partial charge in [0.15, 0.2) is 0 Å². The van der Waals surface area contributed by atoms with E-state index < -0.39 is 0 Å². The highest BCUT2D eigenvalue weighted by atomic mass is 35.5. The molecule has 16 heavy (non-hydrogen) atoms. The van der Waals surface area contributed by atoms with Gasteiger partial charge in [-0.15, -0.1) is 0 Å². The molecule has 88 valence electrons. The normalized spacial score (nSPS) is 13.3. The van der Waals surface area contributed by atoms with Crippen molar-refractivity contribution in [2.24, 2.45) is 10.2 Å². The summed E-state index contributed by atoms with van der Waals surface area (Å²) < 4.78 is 0. The maximum Gasteiger partial charge on any atom is 0.144 e. The third-order valence-electron chi connectivity index (χ3n) is 1.79. The zero-order valence-corrected chi connectivity index (χ0v) is 11.6. The smallest absolute Gasteiger partial charge is 0.144 e. The van der Waals surface area contributed by atoms with Crippen LogP contribution < -0.4 is 0 Å². The first-order valence-electron chi connectivity index (χ1n) is 4.74. The Morgan fingerprint density at radius 1 is 1.19 bits per heavy atom. The molecule has 0 amide bonds. The van der Waals surface area contributed by atoms with E-state index in [1.165, 1.54) is 0 Å². The Morgan fingerprint density at radius 2 is 1.75 bits per heavy atom. The standard InChI is InChI=1S/C10H10Cl4N2/c1-2-3-9(14)15-16-10-7(12)4-6(11)5-8(10)13/h4-5,9H,2-3H2,1H3. The maximum absolute atomic E-state index is 5.93. The van der Waals surface area contributed by atoms with E-state index in [-0.39, 0.29) is 5.50 Å². The fourth-order valence-corrected chi connectivity index (χ4v) is 2.20. The van der Waals surface area contributed by atoms with Gasteiger partial charge < -0.3 is 0 Å². The van der Waals surface area contributed by atoms with E-state index in [1.54, 1.807) is 12.1 Å². The molecular formula is C10H10Cl4N2. The highest BCUT2D eigenvalue weighted by Crippen LogP contribution is 2.36. The molecule has 2 nitrogen and oxygen atoms in total. The van der Waals surface area contributed by atoms with Crippen molar-refractivity contribution in [3.63, 3.8) is 0 Å². The average Bonchev–Trinajstić information content (AvgIpc) is 2.16. The van der Waals surface area contributed by atoms with Crippen molar-refractivity contribution >= 4 is 52.1 Å². The largest absolute Gasteiger partial charge is 0.169 e. The van der Waals surface area contributed by atoms with Crippen molar-refractivity contribution in [1.29, 1.82) is 0 Å². The van der Waals surface area contributed by atoms with Crippen molar-refractivity contribution < 1.29 is 0 Å². The molecule has 1 aromatic carbocycles. The molecule has 0 saturated heterocycles. The topological polar surface area (TPSA) is 24.7 Å². The number of hydrogen-bond donors (Lipinski definition) is 0. The number of nitrogens with zero attached hydrogens (tertiary/aromatic N) is 2. The lowest BCUT2D eigenvalue weighted by molar-refractivity contribution is 0.729. The molecule has 6 heteroatoms. The van der Waals surface area contributed by atoms with Gasteiger partial charge in [-0.25, -0.2) is 0 Å². The van der Waals surface area contributed by atoms with Crippen LogP contribution in [0, 0.1) is 0 Å². The number of benzene rings is 1. The number of halogens is 4. The summed E-state index contributed by atoms with van der Waals surface area (Å²) in [6, 6.07) is 3.12. The van der Waals surface area contributed by atoms with E-state index in [2.05, 4.69) is 10.2 Å². The predicted molar refractivity (Wildman–Crippen MR) is 70.5 cm³/mol. The summed E-state index contributed by atoms with van der Waals surface area (Å²) in [6.07, 6.45) is 1.70. The molecule has 0 bridgehead atoms. The van der Waals surface area contributed by atoms with Crippen molar-refractivity contribution in [1.82, 2.24) is 0 Å². The van der Waals surface area contributed by atoms with Gasteiger partial charge >= 0.3 is 0 Å². The molecule has 1 rings (SSSR count). The molecular weight excluding hydrogens is 290 g/mol. The minimum absolute atomic E-state index is 0.354. The maximum atomic E-state index is 5.93. The average molecular weight is 300 g/mol. The Bertz CT molecular complexity index is 369. The summed E-state index contributed by atoms with van der Waals surface area (Å²) in [5.41, 5.74) is 0.0438. The van der Waals surface area contributed by atoms with E-state index in [9.17, 15) is 0 Å². The molecule has 0 N–H and O–H groups in total. The summed E-state index contributed by atoms with van der Waals surface area (Å²) >= 11 is 23.5. The van der Waals surface area contributed by atoms with E-state index in [1.807, 2.05) is 6.92 Å². The lowest BCUT2D eigenvalue weighted by atomic mass is 10.3. The third kappa shape index (κ3) is 4.10. The zero-order valence-electron chi connectivity index (χ0n) is 8.55. The van der Waals surface area contributed by atoms with Gasteiger partial charge in [0.1, 0.15) is 11.2 Å². The third-order valence-corrected chi connectivity index (χ3v) is 2.89. The summed E-state index contributed by atoms with van der Waals surface area (Å²) in [6.45, 7) is 2.02. The lowest BCUT2D eigenvalue weighted by Crippen LogP contribution is -1.90. The zero-order chi connectivity index (χ0) is 12.1. The van der Waals surface area contributed by atoms with E-state index in [0.29, 0.717) is 20.8 Å². The van der Waals surface area contributed by atoms with Crippen LogP contribution in [0.3, 0.4) is 0 Å². The van der Waals surface area contributed by atoms with Crippen molar-refractivity contribution in [2.75, 3.05) is 0 Å². The van der Waals surface area contributed by atoms with Crippen LogP contribution in [0.25, 0.3) is 0 Å². The number of rotatable bonds is 4. The Labute approximate surface area is 115 Å². The van der Waals surface area contributed by atoms with Crippen LogP contribution in [0.4, 0.5) is 5.69 Å². The van der Waals surface area contributed by atoms with Crippen LogP contribution in [-0.2, 0) is 0 Å². The Hall–Kier alpha value is -0.0200. The fraction of sp³-hybridized carbons (Fsp3) is 0.400. The minimum Gasteiger partial charge on any atom is -0.169 e. The first kappa shape index (κ1) is 14.0. The molecule has 0 fully saturated rings. The van der Waals surface area contributed by atoms with Crippen LogP contribution in [0.1, 0.15) is 19.8 Å². The van der Waals surface area contributed by atoms with Gasteiger partial charge in [0, 0.05) is 5.02 Å². The lowest BCUT2D eigenvalue weighted by Gasteiger charge is -2.03. The molecule has 0 saturated carbocycles. The number of azo groups is 1. The molecule has 0 aromatic heterocycles.